The smallest absolute Gasteiger partial charge is 0.252 e. The molecule has 10 heteroatoms. The highest BCUT2D eigenvalue weighted by Crippen LogP contribution is 2.36. The fourth-order valence-corrected chi connectivity index (χ4v) is 6.91. The lowest BCUT2D eigenvalue weighted by Crippen LogP contribution is -2.28. The van der Waals surface area contributed by atoms with E-state index in [0.717, 1.165) is 21.9 Å². The van der Waals surface area contributed by atoms with Crippen molar-refractivity contribution in [3.63, 3.8) is 0 Å². The van der Waals surface area contributed by atoms with Gasteiger partial charge in [-0.1, -0.05) is 82.8 Å². The maximum atomic E-state index is 13.6. The molecule has 6 nitrogen and oxygen atoms in total. The minimum Gasteiger partial charge on any atom is -0.352 e. The number of fused-ring (bicyclic) bond motifs is 2. The first kappa shape index (κ1) is 33.7. The van der Waals surface area contributed by atoms with Crippen LogP contribution in [-0.2, 0) is 0 Å². The zero-order valence-electron chi connectivity index (χ0n) is 26.1. The molecule has 0 aliphatic rings. The number of pyridine rings is 2. The number of aromatic nitrogens is 2. The molecule has 48 heavy (non-hydrogen) atoms. The van der Waals surface area contributed by atoms with Crippen LogP contribution in [0.3, 0.4) is 0 Å². The van der Waals surface area contributed by atoms with Crippen LogP contribution in [-0.4, -0.2) is 34.9 Å². The third-order valence-electron chi connectivity index (χ3n) is 8.27. The van der Waals surface area contributed by atoms with Gasteiger partial charge in [-0.3, -0.25) is 9.59 Å². The van der Waals surface area contributed by atoms with Gasteiger partial charge in [-0.05, 0) is 86.3 Å². The van der Waals surface area contributed by atoms with Crippen LogP contribution in [0.5, 0.6) is 0 Å². The van der Waals surface area contributed by atoms with E-state index in [1.165, 1.54) is 0 Å². The number of nitrogens with one attached hydrogen (secondary N) is 2. The molecule has 2 heterocycles. The first-order chi connectivity index (χ1) is 23.1. The van der Waals surface area contributed by atoms with Gasteiger partial charge in [0.05, 0.1) is 43.6 Å². The molecule has 0 saturated carbocycles. The van der Waals surface area contributed by atoms with E-state index in [1.54, 1.807) is 24.3 Å². The Kier molecular flexibility index (Phi) is 10.2. The molecule has 2 amide bonds. The molecule has 4 aromatic carbocycles. The van der Waals surface area contributed by atoms with Crippen LogP contribution >= 0.6 is 46.4 Å². The summed E-state index contributed by atoms with van der Waals surface area (Å²) in [5.41, 5.74) is 6.59. The number of amides is 2. The summed E-state index contributed by atoms with van der Waals surface area (Å²) in [7, 11) is 0. The highest BCUT2D eigenvalue weighted by Gasteiger charge is 2.22. The number of rotatable bonds is 9. The van der Waals surface area contributed by atoms with Crippen molar-refractivity contribution < 1.29 is 9.59 Å². The monoisotopic (exact) mass is 714 g/mol. The molecule has 0 bridgehead atoms. The van der Waals surface area contributed by atoms with Gasteiger partial charge in [-0.15, -0.1) is 0 Å². The van der Waals surface area contributed by atoms with Crippen molar-refractivity contribution in [2.75, 3.05) is 13.1 Å². The number of para-hydroxylation sites is 2. The van der Waals surface area contributed by atoms with Crippen molar-refractivity contribution in [2.45, 2.75) is 26.7 Å². The average Bonchev–Trinajstić information content (AvgIpc) is 3.06. The summed E-state index contributed by atoms with van der Waals surface area (Å²) in [5, 5.41) is 9.59. The van der Waals surface area contributed by atoms with E-state index in [0.29, 0.717) is 90.7 Å². The molecule has 0 aliphatic carbocycles. The quantitative estimate of drug-likeness (QED) is 0.146. The lowest BCUT2D eigenvalue weighted by molar-refractivity contribution is 0.0940. The maximum absolute atomic E-state index is 13.6. The third kappa shape index (κ3) is 6.85. The first-order valence-electron chi connectivity index (χ1n) is 15.4. The summed E-state index contributed by atoms with van der Waals surface area (Å²) in [4.78, 5) is 36.9. The van der Waals surface area contributed by atoms with Crippen molar-refractivity contribution in [3.8, 4) is 22.5 Å². The van der Waals surface area contributed by atoms with Crippen molar-refractivity contribution in [2.24, 2.45) is 0 Å². The lowest BCUT2D eigenvalue weighted by atomic mass is 9.97. The van der Waals surface area contributed by atoms with Crippen LogP contribution in [0, 0.1) is 13.8 Å². The summed E-state index contributed by atoms with van der Waals surface area (Å²) in [5.74, 6) is -0.400. The van der Waals surface area contributed by atoms with Crippen LogP contribution in [0.4, 0.5) is 0 Å². The van der Waals surface area contributed by atoms with Crippen LogP contribution in [0.15, 0.2) is 84.9 Å². The number of halogens is 4. The Morgan fingerprint density at radius 2 is 0.979 bits per heavy atom. The van der Waals surface area contributed by atoms with Gasteiger partial charge in [-0.25, -0.2) is 9.97 Å². The van der Waals surface area contributed by atoms with Crippen molar-refractivity contribution in [3.05, 3.63) is 127 Å². The van der Waals surface area contributed by atoms with E-state index >= 15 is 0 Å². The second-order valence-electron chi connectivity index (χ2n) is 11.4. The number of carbonyl (C=O) groups is 2. The number of hydrogen-bond acceptors (Lipinski definition) is 4. The molecule has 0 spiro atoms. The van der Waals surface area contributed by atoms with E-state index < -0.39 is 0 Å². The second-order valence-corrected chi connectivity index (χ2v) is 13.1. The van der Waals surface area contributed by atoms with E-state index in [2.05, 4.69) is 10.6 Å². The molecule has 0 fully saturated rings. The van der Waals surface area contributed by atoms with E-state index in [-0.39, 0.29) is 11.8 Å². The summed E-state index contributed by atoms with van der Waals surface area (Å²) < 4.78 is 0. The molecule has 0 aliphatic heterocycles. The largest absolute Gasteiger partial charge is 0.352 e. The van der Waals surface area contributed by atoms with Crippen LogP contribution in [0.25, 0.3) is 44.3 Å². The van der Waals surface area contributed by atoms with Gasteiger partial charge < -0.3 is 10.6 Å². The predicted octanol–water partition coefficient (Wildman–Crippen LogP) is 10.3. The summed E-state index contributed by atoms with van der Waals surface area (Å²) in [6.07, 6.45) is 1.32. The fraction of sp³-hybridized carbons (Fsp3) is 0.158. The Morgan fingerprint density at radius 1 is 0.583 bits per heavy atom. The fourth-order valence-electron chi connectivity index (χ4n) is 5.92. The molecule has 2 N–H and O–H groups in total. The zero-order chi connectivity index (χ0) is 33.9. The Morgan fingerprint density at radius 3 is 1.38 bits per heavy atom. The van der Waals surface area contributed by atoms with Crippen LogP contribution in [0.1, 0.15) is 44.7 Å². The van der Waals surface area contributed by atoms with Gasteiger partial charge >= 0.3 is 0 Å². The van der Waals surface area contributed by atoms with Crippen LogP contribution in [0.2, 0.25) is 20.1 Å². The van der Waals surface area contributed by atoms with Gasteiger partial charge in [0.2, 0.25) is 0 Å². The predicted molar refractivity (Wildman–Crippen MR) is 198 cm³/mol. The maximum Gasteiger partial charge on any atom is 0.252 e. The van der Waals surface area contributed by atoms with Crippen molar-refractivity contribution >= 4 is 80.0 Å². The minimum atomic E-state index is -0.200. The zero-order valence-corrected chi connectivity index (χ0v) is 29.2. The number of benzene rings is 4. The molecule has 0 saturated heterocycles. The summed E-state index contributed by atoms with van der Waals surface area (Å²) >= 11 is 25.3. The van der Waals surface area contributed by atoms with Gasteiger partial charge in [0, 0.05) is 45.0 Å². The van der Waals surface area contributed by atoms with Crippen molar-refractivity contribution in [1.29, 1.82) is 0 Å². The van der Waals surface area contributed by atoms with E-state index in [9.17, 15) is 9.59 Å². The second kappa shape index (κ2) is 14.5. The highest BCUT2D eigenvalue weighted by molar-refractivity contribution is 6.37. The SMILES string of the molecule is Cc1c(-c2ccc(Cl)cc2Cl)nc2ccccc2c1C(=O)NCCCCNC(=O)c1c(C)c(-c2ccc(Cl)cc2Cl)nc2ccccc12. The Labute approximate surface area is 298 Å². The number of nitrogens with zero attached hydrogens (tertiary/aromatic N) is 2. The van der Waals surface area contributed by atoms with Gasteiger partial charge in [0.25, 0.3) is 11.8 Å². The van der Waals surface area contributed by atoms with E-state index in [4.69, 9.17) is 56.4 Å². The Bertz CT molecular complexity index is 2060. The number of unbranched alkanes of at least 4 members (excludes halogenated alkanes) is 1. The first-order valence-corrected chi connectivity index (χ1v) is 16.9. The Hall–Kier alpha value is -4.20. The molecule has 0 atom stereocenters. The summed E-state index contributed by atoms with van der Waals surface area (Å²) in [6.45, 7) is 4.61. The molecule has 6 aromatic rings. The van der Waals surface area contributed by atoms with Gasteiger partial charge in [0.1, 0.15) is 0 Å². The molecule has 0 unspecified atom stereocenters. The molecular weight excluding hydrogens is 686 g/mol. The molecule has 0 radical (unpaired) electrons. The van der Waals surface area contributed by atoms with E-state index in [1.807, 2.05) is 74.5 Å². The van der Waals surface area contributed by atoms with Crippen LogP contribution < -0.4 is 10.6 Å². The topological polar surface area (TPSA) is 84.0 Å². The molecule has 242 valence electrons. The normalized spacial score (nSPS) is 11.2. The van der Waals surface area contributed by atoms with Gasteiger partial charge in [-0.2, -0.15) is 0 Å². The minimum absolute atomic E-state index is 0.200. The molecular formula is C38H30Cl4N4O2. The number of carbonyl (C=O) groups excluding carboxylic acids is 2. The standard InChI is InChI=1S/C38H30Cl4N4O2/c1-21-33(27-9-3-5-11-31(27)45-35(21)25-15-13-23(39)19-29(25)41)37(47)43-17-7-8-18-44-38(48)34-22(2)36(26-16-14-24(40)20-30(26)42)46-32-12-6-4-10-28(32)34/h3-6,9-16,19-20H,7-8,17-18H2,1-2H3,(H,43,47)(H,44,48). The third-order valence-corrected chi connectivity index (χ3v) is 9.37. The van der Waals surface area contributed by atoms with Crippen molar-refractivity contribution in [1.82, 2.24) is 20.6 Å². The highest BCUT2D eigenvalue weighted by atomic mass is 35.5. The lowest BCUT2D eigenvalue weighted by Gasteiger charge is -2.16. The summed E-state index contributed by atoms with van der Waals surface area (Å²) in [6, 6.07) is 25.6. The Balaban J connectivity index is 1.14. The molecule has 2 aromatic heterocycles. The van der Waals surface area contributed by atoms with Gasteiger partial charge in [0.15, 0.2) is 0 Å². The number of hydrogen-bond donors (Lipinski definition) is 2. The average molecular weight is 716 g/mol. The molecule has 6 rings (SSSR count).